The van der Waals surface area contributed by atoms with E-state index in [0.717, 1.165) is 28.4 Å². The number of hydrogen-bond donors (Lipinski definition) is 0. The molecular formula is C18H26NO+. The van der Waals surface area contributed by atoms with Gasteiger partial charge in [-0.1, -0.05) is 30.3 Å². The Bertz CT molecular complexity index is 470. The molecule has 0 spiro atoms. The molecule has 1 aromatic carbocycles. The molecule has 1 unspecified atom stereocenters. The van der Waals surface area contributed by atoms with Crippen molar-refractivity contribution >= 4 is 5.78 Å². The molecular weight excluding hydrogens is 246 g/mol. The van der Waals surface area contributed by atoms with Gasteiger partial charge in [-0.25, -0.2) is 0 Å². The number of likely N-dealkylation sites (tertiary alicyclic amines) is 1. The molecule has 0 N–H and O–H groups in total. The zero-order valence-electron chi connectivity index (χ0n) is 12.6. The molecule has 2 heteroatoms. The molecule has 1 aliphatic heterocycles. The first-order valence-electron chi connectivity index (χ1n) is 8.06. The van der Waals surface area contributed by atoms with Crippen molar-refractivity contribution in [1.82, 2.24) is 0 Å². The van der Waals surface area contributed by atoms with E-state index in [2.05, 4.69) is 7.05 Å². The molecule has 2 bridgehead atoms. The van der Waals surface area contributed by atoms with Gasteiger partial charge in [0.1, 0.15) is 0 Å². The minimum Gasteiger partial charge on any atom is -0.325 e. The summed E-state index contributed by atoms with van der Waals surface area (Å²) < 4.78 is 1.11. The van der Waals surface area contributed by atoms with Crippen molar-refractivity contribution in [2.45, 2.75) is 32.1 Å². The van der Waals surface area contributed by atoms with Crippen molar-refractivity contribution in [3.63, 3.8) is 0 Å². The van der Waals surface area contributed by atoms with Gasteiger partial charge in [0.2, 0.25) is 0 Å². The maximum Gasteiger partial charge on any atom is 0.168 e. The van der Waals surface area contributed by atoms with Crippen molar-refractivity contribution in [2.24, 2.45) is 11.8 Å². The summed E-state index contributed by atoms with van der Waals surface area (Å²) in [7, 11) is 2.36. The topological polar surface area (TPSA) is 17.1 Å². The lowest BCUT2D eigenvalue weighted by Gasteiger charge is -2.36. The maximum atomic E-state index is 12.3. The third-order valence-corrected chi connectivity index (χ3v) is 5.40. The van der Waals surface area contributed by atoms with E-state index in [1.807, 2.05) is 30.3 Å². The highest BCUT2D eigenvalue weighted by Crippen LogP contribution is 2.38. The Morgan fingerprint density at radius 1 is 1.15 bits per heavy atom. The van der Waals surface area contributed by atoms with Crippen molar-refractivity contribution in [1.29, 1.82) is 0 Å². The summed E-state index contributed by atoms with van der Waals surface area (Å²) in [6.45, 7) is 3.57. The zero-order chi connectivity index (χ0) is 14.0. The molecule has 0 amide bonds. The molecule has 3 rings (SSSR count). The summed E-state index contributed by atoms with van der Waals surface area (Å²) in [6.07, 6.45) is 6.38. The Morgan fingerprint density at radius 2 is 1.90 bits per heavy atom. The number of carbonyl (C=O) groups is 1. The Labute approximate surface area is 122 Å². The highest BCUT2D eigenvalue weighted by atomic mass is 16.1. The van der Waals surface area contributed by atoms with Gasteiger partial charge in [0.05, 0.1) is 33.1 Å². The Kier molecular flexibility index (Phi) is 3.93. The fourth-order valence-electron chi connectivity index (χ4n) is 4.16. The molecule has 108 valence electrons. The zero-order valence-corrected chi connectivity index (χ0v) is 12.6. The largest absolute Gasteiger partial charge is 0.325 e. The Hall–Kier alpha value is -1.15. The SMILES string of the molecule is C[N+]1(CCC(=O)c2ccccc2)CC[C@@H]2CC[C@@H](C2)C1. The number of carbonyl (C=O) groups excluding carboxylic acids is 1. The number of quaternary nitrogens is 1. The summed E-state index contributed by atoms with van der Waals surface area (Å²) >= 11 is 0. The summed E-state index contributed by atoms with van der Waals surface area (Å²) in [4.78, 5) is 12.3. The maximum absolute atomic E-state index is 12.3. The average Bonchev–Trinajstić information content (AvgIpc) is 2.83. The van der Waals surface area contributed by atoms with Crippen LogP contribution in [0.5, 0.6) is 0 Å². The fourth-order valence-corrected chi connectivity index (χ4v) is 4.16. The van der Waals surface area contributed by atoms with Gasteiger partial charge in [0.25, 0.3) is 0 Å². The van der Waals surface area contributed by atoms with Gasteiger partial charge in [-0.15, -0.1) is 0 Å². The van der Waals surface area contributed by atoms with Crippen LogP contribution in [0, 0.1) is 11.8 Å². The van der Waals surface area contributed by atoms with Crippen molar-refractivity contribution < 1.29 is 9.28 Å². The highest BCUT2D eigenvalue weighted by Gasteiger charge is 2.37. The number of nitrogens with zero attached hydrogens (tertiary/aromatic N) is 1. The first-order chi connectivity index (χ1) is 9.65. The quantitative estimate of drug-likeness (QED) is 0.605. The second kappa shape index (κ2) is 5.69. The van der Waals surface area contributed by atoms with E-state index in [9.17, 15) is 4.79 Å². The van der Waals surface area contributed by atoms with E-state index in [1.54, 1.807) is 0 Å². The van der Waals surface area contributed by atoms with E-state index in [4.69, 9.17) is 0 Å². The normalized spacial score (nSPS) is 32.9. The number of hydrogen-bond acceptors (Lipinski definition) is 1. The van der Waals surface area contributed by atoms with E-state index in [0.29, 0.717) is 12.2 Å². The summed E-state index contributed by atoms with van der Waals surface area (Å²) in [5, 5.41) is 0. The van der Waals surface area contributed by atoms with Crippen LogP contribution in [-0.4, -0.2) is 36.9 Å². The third kappa shape index (κ3) is 3.12. The Balaban J connectivity index is 1.58. The van der Waals surface area contributed by atoms with Gasteiger partial charge in [0, 0.05) is 11.5 Å². The summed E-state index contributed by atoms with van der Waals surface area (Å²) in [5.41, 5.74) is 0.871. The first-order valence-corrected chi connectivity index (χ1v) is 8.06. The second-order valence-electron chi connectivity index (χ2n) is 7.12. The molecule has 2 aliphatic rings. The first kappa shape index (κ1) is 13.8. The lowest BCUT2D eigenvalue weighted by atomic mass is 10.0. The number of ketones is 1. The van der Waals surface area contributed by atoms with E-state index in [-0.39, 0.29) is 0 Å². The molecule has 20 heavy (non-hydrogen) atoms. The lowest BCUT2D eigenvalue weighted by molar-refractivity contribution is -0.911. The smallest absolute Gasteiger partial charge is 0.168 e. The van der Waals surface area contributed by atoms with Gasteiger partial charge < -0.3 is 4.48 Å². The van der Waals surface area contributed by atoms with Crippen LogP contribution in [0.15, 0.2) is 30.3 Å². The fraction of sp³-hybridized carbons (Fsp3) is 0.611. The number of rotatable bonds is 4. The Morgan fingerprint density at radius 3 is 2.70 bits per heavy atom. The van der Waals surface area contributed by atoms with E-state index in [1.165, 1.54) is 38.8 Å². The minimum absolute atomic E-state index is 0.305. The molecule has 0 aromatic heterocycles. The second-order valence-corrected chi connectivity index (χ2v) is 7.12. The van der Waals surface area contributed by atoms with Gasteiger partial charge in [-0.3, -0.25) is 4.79 Å². The molecule has 1 heterocycles. The van der Waals surface area contributed by atoms with Crippen LogP contribution in [0.25, 0.3) is 0 Å². The molecule has 1 aromatic rings. The van der Waals surface area contributed by atoms with Crippen LogP contribution in [0.1, 0.15) is 42.5 Å². The molecule has 2 nitrogen and oxygen atoms in total. The van der Waals surface area contributed by atoms with Crippen LogP contribution in [0.4, 0.5) is 0 Å². The van der Waals surface area contributed by atoms with Gasteiger partial charge in [0.15, 0.2) is 5.78 Å². The van der Waals surface area contributed by atoms with Crippen molar-refractivity contribution in [2.75, 3.05) is 26.7 Å². The lowest BCUT2D eigenvalue weighted by Crippen LogP contribution is -2.48. The number of benzene rings is 1. The predicted molar refractivity (Wildman–Crippen MR) is 81.6 cm³/mol. The minimum atomic E-state index is 0.305. The monoisotopic (exact) mass is 272 g/mol. The number of Topliss-reactive ketones (excluding diaryl/α,β-unsaturated/α-hetero) is 1. The van der Waals surface area contributed by atoms with Crippen LogP contribution < -0.4 is 0 Å². The van der Waals surface area contributed by atoms with Crippen LogP contribution >= 0.6 is 0 Å². The molecule has 1 saturated carbocycles. The highest BCUT2D eigenvalue weighted by molar-refractivity contribution is 5.96. The average molecular weight is 272 g/mol. The van der Waals surface area contributed by atoms with Gasteiger partial charge >= 0.3 is 0 Å². The molecule has 0 radical (unpaired) electrons. The van der Waals surface area contributed by atoms with Crippen LogP contribution in [0.2, 0.25) is 0 Å². The predicted octanol–water partition coefficient (Wildman–Crippen LogP) is 3.53. The molecule has 1 aliphatic carbocycles. The third-order valence-electron chi connectivity index (χ3n) is 5.40. The number of fused-ring (bicyclic) bond motifs is 2. The van der Waals surface area contributed by atoms with Crippen molar-refractivity contribution in [3.8, 4) is 0 Å². The summed E-state index contributed by atoms with van der Waals surface area (Å²) in [5.74, 6) is 2.20. The van der Waals surface area contributed by atoms with Gasteiger partial charge in [-0.05, 0) is 31.6 Å². The molecule has 1 saturated heterocycles. The molecule has 3 atom stereocenters. The van der Waals surface area contributed by atoms with Crippen LogP contribution in [0.3, 0.4) is 0 Å². The standard InChI is InChI=1S/C18H26NO/c1-19(11-9-15-7-8-16(13-15)14-19)12-10-18(20)17-5-3-2-4-6-17/h2-6,15-16H,7-14H2,1H3/q+1/t15-,16-,19?/m0/s1. The van der Waals surface area contributed by atoms with Gasteiger partial charge in [-0.2, -0.15) is 0 Å². The van der Waals surface area contributed by atoms with E-state index < -0.39 is 0 Å². The summed E-state index contributed by atoms with van der Waals surface area (Å²) in [6, 6.07) is 9.75. The van der Waals surface area contributed by atoms with Crippen LogP contribution in [-0.2, 0) is 0 Å². The van der Waals surface area contributed by atoms with Crippen molar-refractivity contribution in [3.05, 3.63) is 35.9 Å². The van der Waals surface area contributed by atoms with E-state index >= 15 is 0 Å². The molecule has 2 fully saturated rings.